The van der Waals surface area contributed by atoms with Crippen LogP contribution in [-0.2, 0) is 15.6 Å². The van der Waals surface area contributed by atoms with Gasteiger partial charge in [-0.2, -0.15) is 0 Å². The third kappa shape index (κ3) is 3.06. The van der Waals surface area contributed by atoms with E-state index >= 15 is 0 Å². The van der Waals surface area contributed by atoms with Crippen LogP contribution < -0.4 is 0 Å². The van der Waals surface area contributed by atoms with Crippen LogP contribution in [0.4, 0.5) is 0 Å². The van der Waals surface area contributed by atoms with E-state index in [-0.39, 0.29) is 5.25 Å². The number of carbonyl (C=O) groups is 1. The van der Waals surface area contributed by atoms with Gasteiger partial charge in [0, 0.05) is 16.0 Å². The number of hydrogen-bond donors (Lipinski definition) is 1. The minimum Gasteiger partial charge on any atom is -0.480 e. The Kier molecular flexibility index (Phi) is 4.96. The lowest BCUT2D eigenvalue weighted by atomic mass is 9.81. The Morgan fingerprint density at radius 1 is 1.38 bits per heavy atom. The Morgan fingerprint density at radius 3 is 2.44 bits per heavy atom. The average Bonchev–Trinajstić information content (AvgIpc) is 2.22. The van der Waals surface area contributed by atoms with Gasteiger partial charge in [0.1, 0.15) is 5.25 Å². The molecule has 5 unspecified atom stereocenters. The summed E-state index contributed by atoms with van der Waals surface area (Å²) in [5.74, 6) is 0.333. The largest absolute Gasteiger partial charge is 0.480 e. The van der Waals surface area contributed by atoms with Gasteiger partial charge in [-0.05, 0) is 37.5 Å². The molecule has 0 saturated heterocycles. The Labute approximate surface area is 100 Å². The van der Waals surface area contributed by atoms with Crippen molar-refractivity contribution in [3.8, 4) is 0 Å². The molecule has 1 aliphatic carbocycles. The van der Waals surface area contributed by atoms with Crippen molar-refractivity contribution in [1.29, 1.82) is 0 Å². The van der Waals surface area contributed by atoms with E-state index in [0.29, 0.717) is 18.3 Å². The zero-order valence-electron chi connectivity index (χ0n) is 10.3. The molecule has 0 bridgehead atoms. The number of carboxylic acid groups (broad SMARTS) is 1. The average molecular weight is 246 g/mol. The summed E-state index contributed by atoms with van der Waals surface area (Å²) in [5, 5.41) is 8.41. The highest BCUT2D eigenvalue weighted by atomic mass is 32.2. The molecular formula is C12H22O3S. The molecule has 0 aromatic rings. The van der Waals surface area contributed by atoms with Crippen LogP contribution in [-0.4, -0.2) is 25.8 Å². The molecular weight excluding hydrogens is 224 g/mol. The van der Waals surface area contributed by atoms with E-state index in [9.17, 15) is 9.00 Å². The van der Waals surface area contributed by atoms with Gasteiger partial charge < -0.3 is 5.11 Å². The van der Waals surface area contributed by atoms with Crippen molar-refractivity contribution in [3.63, 3.8) is 0 Å². The van der Waals surface area contributed by atoms with Crippen LogP contribution in [0.3, 0.4) is 0 Å². The first-order valence-corrected chi connectivity index (χ1v) is 7.37. The molecule has 0 amide bonds. The maximum atomic E-state index is 12.2. The highest BCUT2D eigenvalue weighted by Crippen LogP contribution is 2.33. The van der Waals surface area contributed by atoms with E-state index in [1.807, 2.05) is 0 Å². The van der Waals surface area contributed by atoms with Crippen molar-refractivity contribution in [3.05, 3.63) is 0 Å². The minimum atomic E-state index is -1.21. The molecule has 1 aliphatic rings. The summed E-state index contributed by atoms with van der Waals surface area (Å²) in [6, 6.07) is 0. The van der Waals surface area contributed by atoms with Crippen LogP contribution in [0, 0.1) is 11.8 Å². The summed E-state index contributed by atoms with van der Waals surface area (Å²) in [5.41, 5.74) is 0. The molecule has 5 atom stereocenters. The SMILES string of the molecule is CCC(C(=O)O)S(=O)C1CCC(C)C(C)C1. The normalized spacial score (nSPS) is 34.3. The molecule has 1 rings (SSSR count). The second kappa shape index (κ2) is 5.80. The highest BCUT2D eigenvalue weighted by Gasteiger charge is 2.34. The van der Waals surface area contributed by atoms with Gasteiger partial charge in [0.15, 0.2) is 0 Å². The predicted molar refractivity (Wildman–Crippen MR) is 65.8 cm³/mol. The van der Waals surface area contributed by atoms with Crippen LogP contribution in [0.5, 0.6) is 0 Å². The molecule has 1 fully saturated rings. The molecule has 4 heteroatoms. The van der Waals surface area contributed by atoms with E-state index in [0.717, 1.165) is 19.3 Å². The summed E-state index contributed by atoms with van der Waals surface area (Å²) in [4.78, 5) is 11.0. The fourth-order valence-corrected chi connectivity index (χ4v) is 4.23. The predicted octanol–water partition coefficient (Wildman–Crippen LogP) is 2.42. The maximum Gasteiger partial charge on any atom is 0.319 e. The van der Waals surface area contributed by atoms with Crippen molar-refractivity contribution >= 4 is 16.8 Å². The smallest absolute Gasteiger partial charge is 0.319 e. The second-order valence-corrected chi connectivity index (χ2v) is 6.85. The minimum absolute atomic E-state index is 0.0900. The van der Waals surface area contributed by atoms with E-state index in [4.69, 9.17) is 5.11 Å². The first kappa shape index (κ1) is 13.7. The molecule has 1 N–H and O–H groups in total. The van der Waals surface area contributed by atoms with Crippen LogP contribution >= 0.6 is 0 Å². The zero-order chi connectivity index (χ0) is 12.3. The topological polar surface area (TPSA) is 54.4 Å². The van der Waals surface area contributed by atoms with Gasteiger partial charge in [0.25, 0.3) is 0 Å². The summed E-state index contributed by atoms with van der Waals surface area (Å²) >= 11 is 0. The zero-order valence-corrected chi connectivity index (χ0v) is 11.1. The van der Waals surface area contributed by atoms with Crippen molar-refractivity contribution in [2.45, 2.75) is 57.0 Å². The van der Waals surface area contributed by atoms with Gasteiger partial charge in [-0.25, -0.2) is 0 Å². The number of aliphatic carboxylic acids is 1. The molecule has 16 heavy (non-hydrogen) atoms. The monoisotopic (exact) mass is 246 g/mol. The van der Waals surface area contributed by atoms with Gasteiger partial charge in [-0.1, -0.05) is 20.8 Å². The second-order valence-electron chi connectivity index (χ2n) is 4.95. The number of rotatable bonds is 4. The lowest BCUT2D eigenvalue weighted by Crippen LogP contribution is -2.36. The number of carboxylic acids is 1. The molecule has 3 nitrogen and oxygen atoms in total. The van der Waals surface area contributed by atoms with Crippen molar-refractivity contribution < 1.29 is 14.1 Å². The molecule has 0 aromatic carbocycles. The molecule has 1 saturated carbocycles. The Hall–Kier alpha value is -0.380. The highest BCUT2D eigenvalue weighted by molar-refractivity contribution is 7.87. The van der Waals surface area contributed by atoms with E-state index < -0.39 is 22.0 Å². The summed E-state index contributed by atoms with van der Waals surface area (Å²) in [6.07, 6.45) is 3.37. The van der Waals surface area contributed by atoms with Crippen molar-refractivity contribution in [1.82, 2.24) is 0 Å². The first-order chi connectivity index (χ1) is 7.47. The van der Waals surface area contributed by atoms with Gasteiger partial charge in [-0.15, -0.1) is 0 Å². The van der Waals surface area contributed by atoms with Crippen molar-refractivity contribution in [2.24, 2.45) is 11.8 Å². The molecule has 0 radical (unpaired) electrons. The third-order valence-electron chi connectivity index (χ3n) is 3.81. The molecule has 0 heterocycles. The Morgan fingerprint density at radius 2 is 2.00 bits per heavy atom. The summed E-state index contributed by atoms with van der Waals surface area (Å²) in [6.45, 7) is 6.19. The van der Waals surface area contributed by atoms with Crippen LogP contribution in [0.25, 0.3) is 0 Å². The summed E-state index contributed by atoms with van der Waals surface area (Å²) in [7, 11) is -1.21. The molecule has 0 aliphatic heterocycles. The fraction of sp³-hybridized carbons (Fsp3) is 0.917. The van der Waals surface area contributed by atoms with E-state index in [1.54, 1.807) is 6.92 Å². The Bertz CT molecular complexity index is 277. The van der Waals surface area contributed by atoms with E-state index in [1.165, 1.54) is 0 Å². The quantitative estimate of drug-likeness (QED) is 0.829. The van der Waals surface area contributed by atoms with Gasteiger partial charge in [-0.3, -0.25) is 9.00 Å². The molecule has 0 spiro atoms. The lowest BCUT2D eigenvalue weighted by Gasteiger charge is -2.32. The van der Waals surface area contributed by atoms with Crippen LogP contribution in [0.2, 0.25) is 0 Å². The van der Waals surface area contributed by atoms with Gasteiger partial charge in [0.05, 0.1) is 0 Å². The van der Waals surface area contributed by atoms with Crippen LogP contribution in [0.1, 0.15) is 46.5 Å². The van der Waals surface area contributed by atoms with Gasteiger partial charge >= 0.3 is 5.97 Å². The molecule has 0 aromatic heterocycles. The van der Waals surface area contributed by atoms with Gasteiger partial charge in [0.2, 0.25) is 0 Å². The standard InChI is InChI=1S/C12H22O3S/c1-4-11(12(13)14)16(15)10-6-5-8(2)9(3)7-10/h8-11H,4-7H2,1-3H3,(H,13,14). The Balaban J connectivity index is 2.64. The summed E-state index contributed by atoms with van der Waals surface area (Å²) < 4.78 is 12.2. The third-order valence-corrected chi connectivity index (χ3v) is 5.99. The van der Waals surface area contributed by atoms with E-state index in [2.05, 4.69) is 13.8 Å². The van der Waals surface area contributed by atoms with Crippen molar-refractivity contribution in [2.75, 3.05) is 0 Å². The lowest BCUT2D eigenvalue weighted by molar-refractivity contribution is -0.136. The molecule has 94 valence electrons. The van der Waals surface area contributed by atoms with Crippen LogP contribution in [0.15, 0.2) is 0 Å². The fourth-order valence-electron chi connectivity index (χ4n) is 2.38. The maximum absolute atomic E-state index is 12.2. The first-order valence-electron chi connectivity index (χ1n) is 6.09. The number of hydrogen-bond acceptors (Lipinski definition) is 2.